The van der Waals surface area contributed by atoms with Gasteiger partial charge in [0.05, 0.1) is 24.1 Å². The van der Waals surface area contributed by atoms with E-state index in [-0.39, 0.29) is 24.4 Å². The smallest absolute Gasteiger partial charge is 0.244 e. The molecular formula is C18H21N5O2. The second-order valence-corrected chi connectivity index (χ2v) is 6.62. The number of likely N-dealkylation sites (tertiary alicyclic amines) is 1. The van der Waals surface area contributed by atoms with Crippen LogP contribution in [0.25, 0.3) is 0 Å². The quantitative estimate of drug-likeness (QED) is 0.921. The Hall–Kier alpha value is -2.67. The lowest BCUT2D eigenvalue weighted by atomic mass is 10.1. The van der Waals surface area contributed by atoms with Gasteiger partial charge in [-0.1, -0.05) is 12.1 Å². The van der Waals surface area contributed by atoms with E-state index in [4.69, 9.17) is 0 Å². The molecule has 7 heteroatoms. The van der Waals surface area contributed by atoms with Crippen LogP contribution in [-0.2, 0) is 16.6 Å². The maximum absolute atomic E-state index is 12.9. The van der Waals surface area contributed by atoms with Crippen molar-refractivity contribution in [1.29, 1.82) is 0 Å². The Kier molecular flexibility index (Phi) is 4.01. The summed E-state index contributed by atoms with van der Waals surface area (Å²) in [5, 5.41) is 7.06. The van der Waals surface area contributed by atoms with Crippen molar-refractivity contribution in [3.05, 3.63) is 42.2 Å². The van der Waals surface area contributed by atoms with E-state index < -0.39 is 0 Å². The Morgan fingerprint density at radius 3 is 3.00 bits per heavy atom. The van der Waals surface area contributed by atoms with Crippen LogP contribution >= 0.6 is 0 Å². The number of rotatable bonds is 3. The molecule has 2 aromatic rings. The third kappa shape index (κ3) is 3.02. The Balaban J connectivity index is 1.53. The first-order chi connectivity index (χ1) is 12.1. The predicted octanol–water partition coefficient (Wildman–Crippen LogP) is 1.54. The standard InChI is InChI=1S/C18H21N5O2/c1-21-10-13(9-19-21)15-7-4-8-22(15)12-18(25)23-11-17(24)20-14-5-2-3-6-16(14)23/h2-3,5-6,9-10,15H,4,7-8,11-12H2,1H3,(H,20,24)/t15-/m0/s1. The van der Waals surface area contributed by atoms with Crippen LogP contribution < -0.4 is 10.2 Å². The summed E-state index contributed by atoms with van der Waals surface area (Å²) in [5.74, 6) is -0.199. The van der Waals surface area contributed by atoms with Gasteiger partial charge in [0.2, 0.25) is 11.8 Å². The van der Waals surface area contributed by atoms with Crippen molar-refractivity contribution in [2.24, 2.45) is 7.05 Å². The minimum atomic E-state index is -0.155. The van der Waals surface area contributed by atoms with Crippen molar-refractivity contribution >= 4 is 23.2 Å². The SMILES string of the molecule is Cn1cc([C@@H]2CCCN2CC(=O)N2CC(=O)Nc3ccccc32)cn1. The van der Waals surface area contributed by atoms with Gasteiger partial charge in [0.25, 0.3) is 0 Å². The number of para-hydroxylation sites is 2. The van der Waals surface area contributed by atoms with Crippen molar-refractivity contribution in [1.82, 2.24) is 14.7 Å². The third-order valence-corrected chi connectivity index (χ3v) is 4.88. The number of nitrogens with one attached hydrogen (secondary N) is 1. The maximum Gasteiger partial charge on any atom is 0.244 e. The molecule has 25 heavy (non-hydrogen) atoms. The van der Waals surface area contributed by atoms with Crippen LogP contribution in [0, 0.1) is 0 Å². The van der Waals surface area contributed by atoms with E-state index >= 15 is 0 Å². The summed E-state index contributed by atoms with van der Waals surface area (Å²) < 4.78 is 1.79. The number of amides is 2. The number of hydrogen-bond acceptors (Lipinski definition) is 4. The zero-order valence-corrected chi connectivity index (χ0v) is 14.2. The zero-order valence-electron chi connectivity index (χ0n) is 14.2. The number of hydrogen-bond donors (Lipinski definition) is 1. The molecule has 0 radical (unpaired) electrons. The molecule has 2 aliphatic rings. The number of nitrogens with zero attached hydrogens (tertiary/aromatic N) is 4. The monoisotopic (exact) mass is 339 g/mol. The number of carbonyl (C=O) groups excluding carboxylic acids is 2. The Labute approximate surface area is 146 Å². The van der Waals surface area contributed by atoms with Gasteiger partial charge < -0.3 is 5.32 Å². The van der Waals surface area contributed by atoms with E-state index in [1.54, 1.807) is 9.58 Å². The van der Waals surface area contributed by atoms with Gasteiger partial charge in [-0.2, -0.15) is 5.10 Å². The van der Waals surface area contributed by atoms with Crippen LogP contribution in [0.1, 0.15) is 24.4 Å². The molecule has 1 aromatic heterocycles. The van der Waals surface area contributed by atoms with Crippen molar-refractivity contribution in [3.63, 3.8) is 0 Å². The predicted molar refractivity (Wildman–Crippen MR) is 94.2 cm³/mol. The van der Waals surface area contributed by atoms with Gasteiger partial charge in [0.15, 0.2) is 0 Å². The number of aromatic nitrogens is 2. The summed E-state index contributed by atoms with van der Waals surface area (Å²) in [6, 6.07) is 7.64. The number of carbonyl (C=O) groups is 2. The highest BCUT2D eigenvalue weighted by Crippen LogP contribution is 2.33. The fraction of sp³-hybridized carbons (Fsp3) is 0.389. The Morgan fingerprint density at radius 1 is 1.36 bits per heavy atom. The summed E-state index contributed by atoms with van der Waals surface area (Å²) in [6.45, 7) is 1.26. The van der Waals surface area contributed by atoms with E-state index in [1.807, 2.05) is 43.7 Å². The van der Waals surface area contributed by atoms with Crippen LogP contribution in [0.5, 0.6) is 0 Å². The number of fused-ring (bicyclic) bond motifs is 1. The lowest BCUT2D eigenvalue weighted by molar-refractivity contribution is -0.122. The first-order valence-electron chi connectivity index (χ1n) is 8.53. The largest absolute Gasteiger partial charge is 0.323 e. The van der Waals surface area contributed by atoms with Gasteiger partial charge in [-0.15, -0.1) is 0 Å². The fourth-order valence-electron chi connectivity index (χ4n) is 3.72. The molecule has 1 atom stereocenters. The van der Waals surface area contributed by atoms with Crippen LogP contribution in [-0.4, -0.2) is 46.1 Å². The second-order valence-electron chi connectivity index (χ2n) is 6.62. The van der Waals surface area contributed by atoms with Crippen LogP contribution in [0.2, 0.25) is 0 Å². The molecule has 1 saturated heterocycles. The molecule has 0 bridgehead atoms. The van der Waals surface area contributed by atoms with Gasteiger partial charge >= 0.3 is 0 Å². The van der Waals surface area contributed by atoms with E-state index in [0.29, 0.717) is 12.2 Å². The zero-order chi connectivity index (χ0) is 17.4. The fourth-order valence-corrected chi connectivity index (χ4v) is 3.72. The molecule has 0 saturated carbocycles. The average Bonchev–Trinajstić information content (AvgIpc) is 3.22. The highest BCUT2D eigenvalue weighted by atomic mass is 16.2. The highest BCUT2D eigenvalue weighted by Gasteiger charge is 2.32. The van der Waals surface area contributed by atoms with E-state index in [1.165, 1.54) is 0 Å². The second kappa shape index (κ2) is 6.33. The molecule has 3 heterocycles. The highest BCUT2D eigenvalue weighted by molar-refractivity contribution is 6.10. The molecular weight excluding hydrogens is 318 g/mol. The van der Waals surface area contributed by atoms with Crippen molar-refractivity contribution < 1.29 is 9.59 Å². The minimum Gasteiger partial charge on any atom is -0.323 e. The summed E-state index contributed by atoms with van der Waals surface area (Å²) >= 11 is 0. The number of aryl methyl sites for hydroxylation is 1. The lowest BCUT2D eigenvalue weighted by Gasteiger charge is -2.31. The minimum absolute atomic E-state index is 0.0434. The topological polar surface area (TPSA) is 70.5 Å². The van der Waals surface area contributed by atoms with E-state index in [0.717, 1.165) is 30.6 Å². The summed E-state index contributed by atoms with van der Waals surface area (Å²) in [6.07, 6.45) is 5.97. The van der Waals surface area contributed by atoms with Gasteiger partial charge in [-0.25, -0.2) is 0 Å². The van der Waals surface area contributed by atoms with Gasteiger partial charge in [-0.05, 0) is 31.5 Å². The summed E-state index contributed by atoms with van der Waals surface area (Å²) in [4.78, 5) is 28.6. The number of anilines is 2. The van der Waals surface area contributed by atoms with Crippen molar-refractivity contribution in [3.8, 4) is 0 Å². The van der Waals surface area contributed by atoms with Crippen LogP contribution in [0.15, 0.2) is 36.7 Å². The molecule has 130 valence electrons. The van der Waals surface area contributed by atoms with E-state index in [9.17, 15) is 9.59 Å². The molecule has 2 aliphatic heterocycles. The van der Waals surface area contributed by atoms with Gasteiger partial charge in [0.1, 0.15) is 6.54 Å². The average molecular weight is 339 g/mol. The van der Waals surface area contributed by atoms with Crippen molar-refractivity contribution in [2.75, 3.05) is 29.9 Å². The summed E-state index contributed by atoms with van der Waals surface area (Å²) in [5.41, 5.74) is 2.60. The lowest BCUT2D eigenvalue weighted by Crippen LogP contribution is -2.46. The molecule has 0 spiro atoms. The normalized spacial score (nSPS) is 20.4. The molecule has 1 fully saturated rings. The Bertz CT molecular complexity index is 815. The molecule has 0 unspecified atom stereocenters. The number of benzene rings is 1. The maximum atomic E-state index is 12.9. The molecule has 4 rings (SSSR count). The first kappa shape index (κ1) is 15.8. The molecule has 2 amide bonds. The van der Waals surface area contributed by atoms with Crippen molar-refractivity contribution in [2.45, 2.75) is 18.9 Å². The Morgan fingerprint density at radius 2 is 2.20 bits per heavy atom. The van der Waals surface area contributed by atoms with Crippen LogP contribution in [0.4, 0.5) is 11.4 Å². The van der Waals surface area contributed by atoms with Gasteiger partial charge in [-0.3, -0.25) is 24.1 Å². The molecule has 0 aliphatic carbocycles. The van der Waals surface area contributed by atoms with E-state index in [2.05, 4.69) is 15.3 Å². The third-order valence-electron chi connectivity index (χ3n) is 4.88. The molecule has 1 N–H and O–H groups in total. The molecule has 7 nitrogen and oxygen atoms in total. The van der Waals surface area contributed by atoms with Gasteiger partial charge in [0, 0.05) is 24.8 Å². The molecule has 1 aromatic carbocycles. The summed E-state index contributed by atoms with van der Waals surface area (Å²) in [7, 11) is 1.90. The first-order valence-corrected chi connectivity index (χ1v) is 8.53. The van der Waals surface area contributed by atoms with Crippen LogP contribution in [0.3, 0.4) is 0 Å².